The fourth-order valence-electron chi connectivity index (χ4n) is 2.41. The van der Waals surface area contributed by atoms with E-state index in [1.807, 2.05) is 84.9 Å². The Labute approximate surface area is 162 Å². The maximum Gasteiger partial charge on any atom is 0.161 e. The van der Waals surface area contributed by atoms with Crippen molar-refractivity contribution in [2.75, 3.05) is 0 Å². The third kappa shape index (κ3) is 4.83. The van der Waals surface area contributed by atoms with Crippen LogP contribution in [0, 0.1) is 0 Å². The lowest BCUT2D eigenvalue weighted by atomic mass is 10.2. The first-order valence-electron chi connectivity index (χ1n) is 8.21. The molecule has 0 aliphatic heterocycles. The number of halogens is 1. The number of hydrogen-bond donors (Lipinski definition) is 0. The van der Waals surface area contributed by atoms with Gasteiger partial charge in [0.1, 0.15) is 0 Å². The molecule has 0 amide bonds. The average molecular weight is 404 g/mol. The maximum absolute atomic E-state index is 4.73. The van der Waals surface area contributed by atoms with E-state index >= 15 is 0 Å². The smallest absolute Gasteiger partial charge is 0.161 e. The van der Waals surface area contributed by atoms with Crippen molar-refractivity contribution < 1.29 is 0 Å². The molecule has 0 saturated carbocycles. The quantitative estimate of drug-likeness (QED) is 0.404. The summed E-state index contributed by atoms with van der Waals surface area (Å²) in [5, 5.41) is 0. The molecular weight excluding hydrogens is 386 g/mol. The largest absolute Gasteiger partial charge is 0.261 e. The highest BCUT2D eigenvalue weighted by atomic mass is 79.9. The zero-order valence-corrected chi connectivity index (χ0v) is 15.8. The Balaban J connectivity index is 1.98. The van der Waals surface area contributed by atoms with Crippen LogP contribution in [0.15, 0.2) is 104 Å². The topological polar surface area (TPSA) is 37.1 Å². The monoisotopic (exact) mass is 403 g/mol. The molecule has 3 aromatic rings. The van der Waals surface area contributed by atoms with Crippen LogP contribution in [0.3, 0.4) is 0 Å². The van der Waals surface area contributed by atoms with Crippen LogP contribution in [0.25, 0.3) is 0 Å². The maximum atomic E-state index is 4.73. The highest BCUT2D eigenvalue weighted by Gasteiger charge is 2.06. The van der Waals surface area contributed by atoms with Crippen molar-refractivity contribution in [2.45, 2.75) is 6.54 Å². The van der Waals surface area contributed by atoms with Crippen LogP contribution in [0.5, 0.6) is 0 Å². The number of rotatable bonds is 4. The summed E-state index contributed by atoms with van der Waals surface area (Å²) < 4.78 is 1.05. The van der Waals surface area contributed by atoms with Gasteiger partial charge in [0, 0.05) is 15.6 Å². The van der Waals surface area contributed by atoms with E-state index in [1.165, 1.54) is 0 Å². The van der Waals surface area contributed by atoms with Crippen LogP contribution in [-0.2, 0) is 6.54 Å². The summed E-state index contributed by atoms with van der Waals surface area (Å²) in [6.07, 6.45) is 0. The molecule has 0 bridgehead atoms. The lowest BCUT2D eigenvalue weighted by molar-refractivity contribution is 1.06. The van der Waals surface area contributed by atoms with Crippen LogP contribution in [0.1, 0.15) is 16.7 Å². The highest BCUT2D eigenvalue weighted by Crippen LogP contribution is 2.13. The second-order valence-electron chi connectivity index (χ2n) is 5.59. The van der Waals surface area contributed by atoms with Crippen molar-refractivity contribution in [3.05, 3.63) is 106 Å². The first-order chi connectivity index (χ1) is 12.8. The Morgan fingerprint density at radius 2 is 1.27 bits per heavy atom. The van der Waals surface area contributed by atoms with E-state index in [-0.39, 0.29) is 0 Å². The molecular formula is C22H18BrN3. The van der Waals surface area contributed by atoms with Gasteiger partial charge < -0.3 is 0 Å². The molecule has 4 heteroatoms. The van der Waals surface area contributed by atoms with Gasteiger partial charge in [0.15, 0.2) is 11.7 Å². The molecule has 0 spiro atoms. The zero-order chi connectivity index (χ0) is 18.2. The summed E-state index contributed by atoms with van der Waals surface area (Å²) in [6, 6.07) is 27.8. The fraction of sp³-hybridized carbons (Fsp3) is 0.0455. The Morgan fingerprint density at radius 3 is 1.81 bits per heavy atom. The first-order valence-corrected chi connectivity index (χ1v) is 9.01. The van der Waals surface area contributed by atoms with Crippen LogP contribution in [-0.4, -0.2) is 18.4 Å². The van der Waals surface area contributed by atoms with E-state index in [9.17, 15) is 0 Å². The molecule has 0 N–H and O–H groups in total. The normalized spacial score (nSPS) is 12.0. The standard InChI is InChI=1S/C22H18BrN3/c1-24-21(18-8-4-2-5-9-18)26-22(19-10-6-3-7-11-19)25-16-17-12-14-20(23)15-13-17/h2-15H,1,16H2. The molecule has 0 fully saturated rings. The molecule has 26 heavy (non-hydrogen) atoms. The second-order valence-corrected chi connectivity index (χ2v) is 6.51. The van der Waals surface area contributed by atoms with Gasteiger partial charge in [-0.1, -0.05) is 88.7 Å². The third-order valence-electron chi connectivity index (χ3n) is 3.75. The van der Waals surface area contributed by atoms with E-state index in [0.717, 1.165) is 21.2 Å². The zero-order valence-electron chi connectivity index (χ0n) is 14.2. The molecule has 3 aromatic carbocycles. The third-order valence-corrected chi connectivity index (χ3v) is 4.28. The molecule has 0 unspecified atom stereocenters. The lowest BCUT2D eigenvalue weighted by Gasteiger charge is -2.06. The van der Waals surface area contributed by atoms with Gasteiger partial charge in [0.05, 0.1) is 6.54 Å². The lowest BCUT2D eigenvalue weighted by Crippen LogP contribution is -2.05. The van der Waals surface area contributed by atoms with Gasteiger partial charge in [-0.3, -0.25) is 4.99 Å². The molecule has 0 aromatic heterocycles. The first kappa shape index (κ1) is 18.0. The van der Waals surface area contributed by atoms with Crippen molar-refractivity contribution >= 4 is 34.3 Å². The predicted octanol–water partition coefficient (Wildman–Crippen LogP) is 5.54. The molecule has 0 aliphatic rings. The van der Waals surface area contributed by atoms with Gasteiger partial charge in [-0.2, -0.15) is 0 Å². The summed E-state index contributed by atoms with van der Waals surface area (Å²) in [5.74, 6) is 1.20. The highest BCUT2D eigenvalue weighted by molar-refractivity contribution is 9.10. The Kier molecular flexibility index (Phi) is 6.23. The van der Waals surface area contributed by atoms with E-state index in [0.29, 0.717) is 18.2 Å². The summed E-state index contributed by atoms with van der Waals surface area (Å²) in [6.45, 7) is 4.21. The number of amidine groups is 2. The van der Waals surface area contributed by atoms with E-state index in [1.54, 1.807) is 0 Å². The molecule has 0 heterocycles. The van der Waals surface area contributed by atoms with Gasteiger partial charge in [-0.05, 0) is 24.4 Å². The van der Waals surface area contributed by atoms with Crippen molar-refractivity contribution in [2.24, 2.45) is 15.0 Å². The number of hydrogen-bond acceptors (Lipinski definition) is 1. The fourth-order valence-corrected chi connectivity index (χ4v) is 2.68. The minimum atomic E-state index is 0.542. The van der Waals surface area contributed by atoms with E-state index in [2.05, 4.69) is 27.6 Å². The van der Waals surface area contributed by atoms with Crippen molar-refractivity contribution in [3.8, 4) is 0 Å². The number of nitrogens with zero attached hydrogens (tertiary/aromatic N) is 3. The molecule has 3 rings (SSSR count). The van der Waals surface area contributed by atoms with Crippen LogP contribution in [0.2, 0.25) is 0 Å². The van der Waals surface area contributed by atoms with Gasteiger partial charge in [0.2, 0.25) is 0 Å². The predicted molar refractivity (Wildman–Crippen MR) is 113 cm³/mol. The van der Waals surface area contributed by atoms with E-state index in [4.69, 9.17) is 9.98 Å². The summed E-state index contributed by atoms with van der Waals surface area (Å²) in [4.78, 5) is 13.5. The van der Waals surface area contributed by atoms with Gasteiger partial charge in [0.25, 0.3) is 0 Å². The second kappa shape index (κ2) is 9.02. The van der Waals surface area contributed by atoms with Crippen molar-refractivity contribution in [3.63, 3.8) is 0 Å². The number of aliphatic imine (C=N–C) groups is 3. The van der Waals surface area contributed by atoms with Crippen molar-refractivity contribution in [1.82, 2.24) is 0 Å². The Bertz CT molecular complexity index is 915. The molecule has 0 aliphatic carbocycles. The number of benzene rings is 3. The van der Waals surface area contributed by atoms with Gasteiger partial charge in [-0.25, -0.2) is 9.98 Å². The summed E-state index contributed by atoms with van der Waals surface area (Å²) in [5.41, 5.74) is 2.97. The molecule has 0 radical (unpaired) electrons. The van der Waals surface area contributed by atoms with Crippen LogP contribution in [0.4, 0.5) is 0 Å². The summed E-state index contributed by atoms with van der Waals surface area (Å²) >= 11 is 3.45. The van der Waals surface area contributed by atoms with Gasteiger partial charge in [-0.15, -0.1) is 0 Å². The molecule has 0 saturated heterocycles. The van der Waals surface area contributed by atoms with Crippen molar-refractivity contribution in [1.29, 1.82) is 0 Å². The molecule has 128 valence electrons. The van der Waals surface area contributed by atoms with Crippen LogP contribution < -0.4 is 0 Å². The molecule has 0 atom stereocenters. The Hall–Kier alpha value is -2.85. The SMILES string of the molecule is C=NC(=NC(=NCc1ccc(Br)cc1)c1ccccc1)c1ccccc1. The minimum Gasteiger partial charge on any atom is -0.261 e. The summed E-state index contributed by atoms with van der Waals surface area (Å²) in [7, 11) is 0. The van der Waals surface area contributed by atoms with Crippen LogP contribution >= 0.6 is 15.9 Å². The molecule has 3 nitrogen and oxygen atoms in total. The van der Waals surface area contributed by atoms with E-state index < -0.39 is 0 Å². The Morgan fingerprint density at radius 1 is 0.731 bits per heavy atom. The average Bonchev–Trinajstić information content (AvgIpc) is 2.71. The minimum absolute atomic E-state index is 0.542. The van der Waals surface area contributed by atoms with Gasteiger partial charge >= 0.3 is 0 Å².